The second-order valence-electron chi connectivity index (χ2n) is 3.61. The van der Waals surface area contributed by atoms with Crippen LogP contribution in [0.4, 0.5) is 0 Å². The van der Waals surface area contributed by atoms with Crippen molar-refractivity contribution in [3.63, 3.8) is 0 Å². The molecule has 0 saturated heterocycles. The Morgan fingerprint density at radius 3 is 2.36 bits per heavy atom. The van der Waals surface area contributed by atoms with Crippen LogP contribution in [0.15, 0.2) is 30.3 Å². The molecule has 1 unspecified atom stereocenters. The van der Waals surface area contributed by atoms with Crippen LogP contribution in [0.5, 0.6) is 0 Å². The van der Waals surface area contributed by atoms with E-state index in [1.54, 1.807) is 0 Å². The molecule has 1 aromatic carbocycles. The van der Waals surface area contributed by atoms with E-state index in [0.29, 0.717) is 12.2 Å². The summed E-state index contributed by atoms with van der Waals surface area (Å²) in [5.74, 6) is 0.596. The summed E-state index contributed by atoms with van der Waals surface area (Å²) in [5, 5.41) is 0. The minimum absolute atomic E-state index is 0.211. The molecule has 0 spiro atoms. The van der Waals surface area contributed by atoms with Crippen LogP contribution in [0.25, 0.3) is 0 Å². The number of hydrogen-bond donors (Lipinski definition) is 0. The van der Waals surface area contributed by atoms with Gasteiger partial charge in [-0.1, -0.05) is 44.2 Å². The summed E-state index contributed by atoms with van der Waals surface area (Å²) in [6.07, 6.45) is 2.50. The molecule has 0 bridgehead atoms. The Balaban J connectivity index is 2.62. The lowest BCUT2D eigenvalue weighted by Crippen LogP contribution is -2.15. The van der Waals surface area contributed by atoms with Gasteiger partial charge in [-0.2, -0.15) is 0 Å². The molecule has 1 atom stereocenters. The summed E-state index contributed by atoms with van der Waals surface area (Å²) in [5.41, 5.74) is 1.26. The average molecular weight is 190 g/mol. The fourth-order valence-electron chi connectivity index (χ4n) is 1.67. The van der Waals surface area contributed by atoms with Crippen molar-refractivity contribution < 1.29 is 4.79 Å². The highest BCUT2D eigenvalue weighted by atomic mass is 16.1. The van der Waals surface area contributed by atoms with E-state index in [-0.39, 0.29) is 5.92 Å². The first-order chi connectivity index (χ1) is 6.77. The van der Waals surface area contributed by atoms with E-state index in [0.717, 1.165) is 12.8 Å². The van der Waals surface area contributed by atoms with Crippen molar-refractivity contribution in [2.24, 2.45) is 5.92 Å². The fourth-order valence-corrected chi connectivity index (χ4v) is 1.67. The van der Waals surface area contributed by atoms with Gasteiger partial charge < -0.3 is 0 Å². The Kier molecular flexibility index (Phi) is 4.37. The third kappa shape index (κ3) is 2.99. The van der Waals surface area contributed by atoms with Crippen LogP contribution in [0.1, 0.15) is 32.3 Å². The second-order valence-corrected chi connectivity index (χ2v) is 3.61. The first-order valence-electron chi connectivity index (χ1n) is 5.34. The molecule has 76 valence electrons. The quantitative estimate of drug-likeness (QED) is 0.696. The van der Waals surface area contributed by atoms with Crippen LogP contribution >= 0.6 is 0 Å². The summed E-state index contributed by atoms with van der Waals surface area (Å²) in [6.45, 7) is 4.02. The summed E-state index contributed by atoms with van der Waals surface area (Å²) < 4.78 is 0. The van der Waals surface area contributed by atoms with Gasteiger partial charge in [-0.15, -0.1) is 0 Å². The van der Waals surface area contributed by atoms with E-state index in [9.17, 15) is 4.79 Å². The van der Waals surface area contributed by atoms with E-state index in [2.05, 4.69) is 19.1 Å². The van der Waals surface area contributed by atoms with Crippen LogP contribution < -0.4 is 0 Å². The maximum atomic E-state index is 11.5. The summed E-state index contributed by atoms with van der Waals surface area (Å²) in [4.78, 5) is 11.5. The van der Waals surface area contributed by atoms with Gasteiger partial charge >= 0.3 is 0 Å². The highest BCUT2D eigenvalue weighted by molar-refractivity contribution is 5.80. The largest absolute Gasteiger partial charge is 0.299 e. The Morgan fingerprint density at radius 1 is 1.21 bits per heavy atom. The average Bonchev–Trinajstić information content (AvgIpc) is 2.26. The molecular weight excluding hydrogens is 172 g/mol. The van der Waals surface area contributed by atoms with Crippen molar-refractivity contribution in [2.45, 2.75) is 33.1 Å². The highest BCUT2D eigenvalue weighted by Crippen LogP contribution is 2.14. The highest BCUT2D eigenvalue weighted by Gasteiger charge is 2.14. The lowest BCUT2D eigenvalue weighted by molar-refractivity contribution is -0.122. The lowest BCUT2D eigenvalue weighted by atomic mass is 9.92. The molecule has 1 aromatic rings. The van der Waals surface area contributed by atoms with Crippen molar-refractivity contribution in [3.05, 3.63) is 35.9 Å². The topological polar surface area (TPSA) is 17.1 Å². The summed E-state index contributed by atoms with van der Waals surface area (Å²) in [7, 11) is 0. The number of benzene rings is 1. The van der Waals surface area contributed by atoms with Crippen molar-refractivity contribution in [2.75, 3.05) is 0 Å². The van der Waals surface area contributed by atoms with E-state index < -0.39 is 0 Å². The first-order valence-corrected chi connectivity index (χ1v) is 5.34. The maximum absolute atomic E-state index is 11.5. The number of Topliss-reactive ketones (excluding diaryl/α,β-unsaturated/α-hetero) is 1. The van der Waals surface area contributed by atoms with Gasteiger partial charge in [-0.3, -0.25) is 4.79 Å². The van der Waals surface area contributed by atoms with Crippen molar-refractivity contribution in [1.29, 1.82) is 0 Å². The van der Waals surface area contributed by atoms with E-state index in [1.165, 1.54) is 5.56 Å². The predicted molar refractivity (Wildman–Crippen MR) is 59.2 cm³/mol. The maximum Gasteiger partial charge on any atom is 0.136 e. The molecule has 0 N–H and O–H groups in total. The molecule has 0 aromatic heterocycles. The normalized spacial score (nSPS) is 12.4. The van der Waals surface area contributed by atoms with Crippen molar-refractivity contribution in [1.82, 2.24) is 0 Å². The molecule has 0 saturated carbocycles. The molecule has 0 fully saturated rings. The SMILES string of the molecule is CCC(=O)C(CC)Cc1ccccc1. The van der Waals surface area contributed by atoms with Gasteiger partial charge in [-0.25, -0.2) is 0 Å². The molecule has 14 heavy (non-hydrogen) atoms. The third-order valence-corrected chi connectivity index (χ3v) is 2.62. The second kappa shape index (κ2) is 5.58. The minimum atomic E-state index is 0.211. The fraction of sp³-hybridized carbons (Fsp3) is 0.462. The molecular formula is C13H18O. The molecule has 1 nitrogen and oxygen atoms in total. The molecule has 0 radical (unpaired) electrons. The Labute approximate surface area is 86.1 Å². The molecule has 1 rings (SSSR count). The van der Waals surface area contributed by atoms with Crippen LogP contribution in [0.2, 0.25) is 0 Å². The number of carbonyl (C=O) groups excluding carboxylic acids is 1. The standard InChI is InChI=1S/C13H18O/c1-3-12(13(14)4-2)10-11-8-6-5-7-9-11/h5-9,12H,3-4,10H2,1-2H3. The van der Waals surface area contributed by atoms with E-state index in [1.807, 2.05) is 25.1 Å². The van der Waals surface area contributed by atoms with E-state index in [4.69, 9.17) is 0 Å². The Hall–Kier alpha value is -1.11. The monoisotopic (exact) mass is 190 g/mol. The molecule has 0 heterocycles. The van der Waals surface area contributed by atoms with Crippen molar-refractivity contribution >= 4 is 5.78 Å². The first kappa shape index (κ1) is 11.0. The molecule has 0 amide bonds. The number of carbonyl (C=O) groups is 1. The van der Waals surface area contributed by atoms with Gasteiger partial charge in [0.05, 0.1) is 0 Å². The summed E-state index contributed by atoms with van der Waals surface area (Å²) in [6, 6.07) is 10.2. The lowest BCUT2D eigenvalue weighted by Gasteiger charge is -2.12. The zero-order valence-corrected chi connectivity index (χ0v) is 8.99. The number of rotatable bonds is 5. The van der Waals surface area contributed by atoms with Gasteiger partial charge in [0, 0.05) is 12.3 Å². The predicted octanol–water partition coefficient (Wildman–Crippen LogP) is 3.23. The molecule has 0 aliphatic rings. The zero-order chi connectivity index (χ0) is 10.4. The Morgan fingerprint density at radius 2 is 1.86 bits per heavy atom. The van der Waals surface area contributed by atoms with Gasteiger partial charge in [-0.05, 0) is 18.4 Å². The van der Waals surface area contributed by atoms with Crippen molar-refractivity contribution in [3.8, 4) is 0 Å². The zero-order valence-electron chi connectivity index (χ0n) is 8.99. The van der Waals surface area contributed by atoms with Crippen LogP contribution in [0, 0.1) is 5.92 Å². The molecule has 1 heteroatoms. The van der Waals surface area contributed by atoms with Crippen LogP contribution in [-0.4, -0.2) is 5.78 Å². The summed E-state index contributed by atoms with van der Waals surface area (Å²) >= 11 is 0. The van der Waals surface area contributed by atoms with Gasteiger partial charge in [0.2, 0.25) is 0 Å². The van der Waals surface area contributed by atoms with Crippen LogP contribution in [0.3, 0.4) is 0 Å². The van der Waals surface area contributed by atoms with Crippen LogP contribution in [-0.2, 0) is 11.2 Å². The van der Waals surface area contributed by atoms with Gasteiger partial charge in [0.1, 0.15) is 5.78 Å². The van der Waals surface area contributed by atoms with Gasteiger partial charge in [0.15, 0.2) is 0 Å². The Bertz CT molecular complexity index is 277. The number of hydrogen-bond acceptors (Lipinski definition) is 1. The molecule has 0 aliphatic heterocycles. The third-order valence-electron chi connectivity index (χ3n) is 2.62. The van der Waals surface area contributed by atoms with Gasteiger partial charge in [0.25, 0.3) is 0 Å². The minimum Gasteiger partial charge on any atom is -0.299 e. The van der Waals surface area contributed by atoms with E-state index >= 15 is 0 Å². The number of ketones is 1. The molecule has 0 aliphatic carbocycles. The smallest absolute Gasteiger partial charge is 0.136 e.